The lowest BCUT2D eigenvalue weighted by Gasteiger charge is -2.66. The van der Waals surface area contributed by atoms with Crippen LogP contribution in [0.5, 0.6) is 0 Å². The number of Topliss-reactive ketones (excluding diaryl/α,β-unsaturated/α-hetero) is 2. The van der Waals surface area contributed by atoms with E-state index in [4.69, 9.17) is 0 Å². The molecule has 0 aromatic rings. The van der Waals surface area contributed by atoms with Crippen LogP contribution in [0.25, 0.3) is 0 Å². The number of carboxylic acid groups (broad SMARTS) is 1. The minimum Gasteiger partial charge on any atom is -0.481 e. The summed E-state index contributed by atoms with van der Waals surface area (Å²) < 4.78 is 0. The molecule has 0 bridgehead atoms. The quantitative estimate of drug-likeness (QED) is 0.478. The first-order valence-corrected chi connectivity index (χ1v) is 14.0. The molecule has 0 radical (unpaired) electrons. The van der Waals surface area contributed by atoms with Crippen LogP contribution in [0.3, 0.4) is 0 Å². The van der Waals surface area contributed by atoms with Crippen LogP contribution < -0.4 is 0 Å². The van der Waals surface area contributed by atoms with E-state index in [1.807, 2.05) is 13.8 Å². The van der Waals surface area contributed by atoms with E-state index in [2.05, 4.69) is 34.6 Å². The summed E-state index contributed by atoms with van der Waals surface area (Å²) in [5.74, 6) is 1.76. The molecule has 0 heterocycles. The summed E-state index contributed by atoms with van der Waals surface area (Å²) in [5.41, 5.74) is 1.29. The highest BCUT2D eigenvalue weighted by atomic mass is 16.4. The van der Waals surface area contributed by atoms with Gasteiger partial charge in [0, 0.05) is 18.8 Å². The summed E-state index contributed by atoms with van der Waals surface area (Å²) in [6, 6.07) is 0. The Hall–Kier alpha value is -1.45. The third-order valence-corrected chi connectivity index (χ3v) is 11.4. The van der Waals surface area contributed by atoms with Gasteiger partial charge in [-0.3, -0.25) is 14.4 Å². The molecule has 8 atom stereocenters. The molecule has 0 aromatic carbocycles. The van der Waals surface area contributed by atoms with Gasteiger partial charge < -0.3 is 5.11 Å². The van der Waals surface area contributed by atoms with E-state index < -0.39 is 11.4 Å². The molecule has 4 saturated carbocycles. The molecule has 0 aromatic heterocycles. The molecule has 0 aliphatic heterocycles. The highest BCUT2D eigenvalue weighted by Crippen LogP contribution is 2.71. The van der Waals surface area contributed by atoms with Crippen LogP contribution in [0.15, 0.2) is 11.1 Å². The third kappa shape index (κ3) is 3.25. The van der Waals surface area contributed by atoms with E-state index >= 15 is 0 Å². The molecule has 4 nitrogen and oxygen atoms in total. The number of ketones is 2. The van der Waals surface area contributed by atoms with Gasteiger partial charge in [0.2, 0.25) is 0 Å². The second-order valence-corrected chi connectivity index (χ2v) is 12.8. The second kappa shape index (κ2) is 8.59. The first-order chi connectivity index (χ1) is 16.0. The molecule has 34 heavy (non-hydrogen) atoms. The molecule has 1 N–H and O–H groups in total. The van der Waals surface area contributed by atoms with E-state index in [-0.39, 0.29) is 40.8 Å². The number of aliphatic carboxylic acids is 1. The zero-order chi connectivity index (χ0) is 25.2. The van der Waals surface area contributed by atoms with Crippen LogP contribution in [0, 0.1) is 51.8 Å². The summed E-state index contributed by atoms with van der Waals surface area (Å²) in [7, 11) is 0. The summed E-state index contributed by atoms with van der Waals surface area (Å²) in [6.07, 6.45) is 7.78. The fourth-order valence-corrected chi connectivity index (χ4v) is 9.98. The van der Waals surface area contributed by atoms with E-state index in [1.54, 1.807) is 0 Å². The number of rotatable bonds is 2. The fourth-order valence-electron chi connectivity index (χ4n) is 9.98. The Morgan fingerprint density at radius 1 is 0.941 bits per heavy atom. The van der Waals surface area contributed by atoms with Crippen LogP contribution >= 0.6 is 0 Å². The first kappa shape index (κ1) is 25.6. The molecule has 4 heteroatoms. The SMILES string of the molecule is CC.CC(C)C1=C2C3CCC4C5(C)CCC(=O)C(C)C5CCC4(C)C3CCC2(C(=O)O)CC1=O. The summed E-state index contributed by atoms with van der Waals surface area (Å²) in [4.78, 5) is 38.2. The van der Waals surface area contributed by atoms with Gasteiger partial charge in [0.1, 0.15) is 5.78 Å². The molecule has 5 rings (SSSR count). The Bertz CT molecular complexity index is 915. The van der Waals surface area contributed by atoms with Gasteiger partial charge in [-0.15, -0.1) is 0 Å². The number of hydrogen-bond acceptors (Lipinski definition) is 3. The van der Waals surface area contributed by atoms with Crippen LogP contribution in [0.4, 0.5) is 0 Å². The number of carboxylic acids is 1. The Labute approximate surface area is 206 Å². The Kier molecular flexibility index (Phi) is 6.48. The average Bonchev–Trinajstić information content (AvgIpc) is 3.11. The average molecular weight is 471 g/mol. The van der Waals surface area contributed by atoms with Crippen LogP contribution in [0.2, 0.25) is 0 Å². The van der Waals surface area contributed by atoms with Gasteiger partial charge in [0.15, 0.2) is 5.78 Å². The van der Waals surface area contributed by atoms with Gasteiger partial charge in [-0.2, -0.15) is 0 Å². The minimum atomic E-state index is -0.950. The molecule has 0 saturated heterocycles. The largest absolute Gasteiger partial charge is 0.481 e. The van der Waals surface area contributed by atoms with Gasteiger partial charge in [-0.25, -0.2) is 0 Å². The normalized spacial score (nSPS) is 45.6. The van der Waals surface area contributed by atoms with Crippen LogP contribution in [-0.4, -0.2) is 22.6 Å². The maximum atomic E-state index is 13.1. The lowest BCUT2D eigenvalue weighted by molar-refractivity contribution is -0.173. The molecule has 0 amide bonds. The number of carbonyl (C=O) groups excluding carboxylic acids is 2. The van der Waals surface area contributed by atoms with Crippen LogP contribution in [-0.2, 0) is 14.4 Å². The van der Waals surface area contributed by atoms with Gasteiger partial charge in [0.05, 0.1) is 5.41 Å². The van der Waals surface area contributed by atoms with Crippen molar-refractivity contribution in [2.75, 3.05) is 0 Å². The highest BCUT2D eigenvalue weighted by molar-refractivity contribution is 6.05. The van der Waals surface area contributed by atoms with E-state index in [0.717, 1.165) is 49.7 Å². The van der Waals surface area contributed by atoms with E-state index in [0.29, 0.717) is 36.4 Å². The fraction of sp³-hybridized carbons (Fsp3) is 0.833. The van der Waals surface area contributed by atoms with Crippen molar-refractivity contribution in [3.05, 3.63) is 11.1 Å². The number of allylic oxidation sites excluding steroid dienone is 1. The molecule has 0 spiro atoms. The Morgan fingerprint density at radius 3 is 2.18 bits per heavy atom. The number of carbonyl (C=O) groups is 3. The zero-order valence-corrected chi connectivity index (χ0v) is 22.5. The molecule has 5 aliphatic carbocycles. The molecule has 190 valence electrons. The Balaban J connectivity index is 0.00000133. The molecular weight excluding hydrogens is 424 g/mol. The van der Waals surface area contributed by atoms with Crippen molar-refractivity contribution >= 4 is 17.5 Å². The Morgan fingerprint density at radius 2 is 1.56 bits per heavy atom. The number of fused-ring (bicyclic) bond motifs is 7. The second-order valence-electron chi connectivity index (χ2n) is 12.8. The standard InChI is InChI=1S/C28H40O4.C2H6/c1-15(2)23-21(30)14-28(25(31)32)13-9-19-17(24(23)28)6-7-22-26(4)12-10-20(29)16(3)18(26)8-11-27(19,22)5;1-2/h15-19,22H,6-14H2,1-5H3,(H,31,32);1-2H3. The first-order valence-electron chi connectivity index (χ1n) is 14.0. The van der Waals surface area contributed by atoms with Crippen molar-refractivity contribution in [1.29, 1.82) is 0 Å². The topological polar surface area (TPSA) is 71.4 Å². The van der Waals surface area contributed by atoms with Crippen molar-refractivity contribution in [1.82, 2.24) is 0 Å². The van der Waals surface area contributed by atoms with Gasteiger partial charge in [0.25, 0.3) is 0 Å². The molecule has 5 aliphatic rings. The lowest BCUT2D eigenvalue weighted by atomic mass is 9.38. The highest BCUT2D eigenvalue weighted by Gasteiger charge is 2.66. The minimum absolute atomic E-state index is 0.0839. The van der Waals surface area contributed by atoms with Crippen molar-refractivity contribution < 1.29 is 19.5 Å². The van der Waals surface area contributed by atoms with Gasteiger partial charge in [-0.1, -0.05) is 48.5 Å². The smallest absolute Gasteiger partial charge is 0.314 e. The lowest BCUT2D eigenvalue weighted by Crippen LogP contribution is -2.60. The van der Waals surface area contributed by atoms with E-state index in [9.17, 15) is 19.5 Å². The van der Waals surface area contributed by atoms with E-state index in [1.165, 1.54) is 0 Å². The predicted molar refractivity (Wildman–Crippen MR) is 134 cm³/mol. The third-order valence-electron chi connectivity index (χ3n) is 11.4. The maximum Gasteiger partial charge on any atom is 0.314 e. The summed E-state index contributed by atoms with van der Waals surface area (Å²) in [6.45, 7) is 15.2. The zero-order valence-electron chi connectivity index (χ0n) is 22.5. The summed E-state index contributed by atoms with van der Waals surface area (Å²) >= 11 is 0. The van der Waals surface area contributed by atoms with Crippen LogP contribution in [0.1, 0.15) is 106 Å². The van der Waals surface area contributed by atoms with Gasteiger partial charge in [-0.05, 0) is 96.5 Å². The van der Waals surface area contributed by atoms with Crippen molar-refractivity contribution in [3.63, 3.8) is 0 Å². The maximum absolute atomic E-state index is 13.1. The molecule has 8 unspecified atom stereocenters. The van der Waals surface area contributed by atoms with Gasteiger partial charge >= 0.3 is 5.97 Å². The molecular formula is C30H46O4. The monoisotopic (exact) mass is 470 g/mol. The van der Waals surface area contributed by atoms with Crippen molar-refractivity contribution in [2.24, 2.45) is 51.8 Å². The number of hydrogen-bond donors (Lipinski definition) is 1. The van der Waals surface area contributed by atoms with Crippen molar-refractivity contribution in [2.45, 2.75) is 106 Å². The summed E-state index contributed by atoms with van der Waals surface area (Å²) in [5, 5.41) is 10.3. The molecule has 4 fully saturated rings. The van der Waals surface area contributed by atoms with Crippen molar-refractivity contribution in [3.8, 4) is 0 Å². The predicted octanol–water partition coefficient (Wildman–Crippen LogP) is 6.87.